The summed E-state index contributed by atoms with van der Waals surface area (Å²) < 4.78 is 39.3. The van der Waals surface area contributed by atoms with E-state index in [-0.39, 0.29) is 23.7 Å². The second kappa shape index (κ2) is 8.30. The van der Waals surface area contributed by atoms with E-state index in [9.17, 15) is 13.4 Å². The molecule has 9 heteroatoms. The fourth-order valence-corrected chi connectivity index (χ4v) is 5.21. The molecule has 5 rings (SSSR count). The number of rotatable bonds is 4. The summed E-state index contributed by atoms with van der Waals surface area (Å²) in [6, 6.07) is 8.78. The molecule has 1 amide bonds. The number of anilines is 1. The molecule has 4 heterocycles. The molecule has 1 aromatic carbocycles. The monoisotopic (exact) mass is 443 g/mol. The molecule has 3 atom stereocenters. The van der Waals surface area contributed by atoms with Gasteiger partial charge >= 0.3 is 0 Å². The lowest BCUT2D eigenvalue weighted by molar-refractivity contribution is -0.115. The van der Waals surface area contributed by atoms with Gasteiger partial charge in [0.25, 0.3) is 5.91 Å². The number of hydrogen-bond acceptors (Lipinski definition) is 6. The maximum atomic E-state index is 13.2. The predicted octanol–water partition coefficient (Wildman–Crippen LogP) is 2.81. The normalized spacial score (nSPS) is 25.3. The molecule has 0 saturated carbocycles. The highest BCUT2D eigenvalue weighted by molar-refractivity contribution is 7.87. The van der Waals surface area contributed by atoms with Crippen LogP contribution in [0.4, 0.5) is 10.2 Å². The molecule has 0 radical (unpaired) electrons. The van der Waals surface area contributed by atoms with Crippen LogP contribution < -0.4 is 19.1 Å². The maximum absolute atomic E-state index is 13.2. The van der Waals surface area contributed by atoms with Gasteiger partial charge in [0.15, 0.2) is 0 Å². The van der Waals surface area contributed by atoms with Gasteiger partial charge in [0.2, 0.25) is 0 Å². The van der Waals surface area contributed by atoms with Gasteiger partial charge in [-0.05, 0) is 37.5 Å². The molecule has 162 valence electrons. The molecule has 7 nitrogen and oxygen atoms in total. The Kier molecular flexibility index (Phi) is 5.35. The summed E-state index contributed by atoms with van der Waals surface area (Å²) in [5, 5.41) is 1.49. The molecule has 3 aliphatic rings. The molecule has 3 unspecified atom stereocenters. The zero-order chi connectivity index (χ0) is 21.4. The Balaban J connectivity index is 1.31. The van der Waals surface area contributed by atoms with Gasteiger partial charge in [0.1, 0.15) is 40.2 Å². The van der Waals surface area contributed by atoms with Crippen molar-refractivity contribution in [1.29, 1.82) is 0 Å². The smallest absolute Gasteiger partial charge is 0.260 e. The van der Waals surface area contributed by atoms with Crippen molar-refractivity contribution in [2.75, 3.05) is 24.6 Å². The fraction of sp³-hybridized carbons (Fsp3) is 0.364. The van der Waals surface area contributed by atoms with Crippen LogP contribution in [0.5, 0.6) is 11.5 Å². The van der Waals surface area contributed by atoms with Gasteiger partial charge in [0, 0.05) is 35.1 Å². The Morgan fingerprint density at radius 3 is 2.94 bits per heavy atom. The number of ether oxygens (including phenoxy) is 2. The van der Waals surface area contributed by atoms with Crippen LogP contribution in [-0.4, -0.2) is 40.9 Å². The SMILES string of the molecule is O=C1NS(=O)C=C1C1CCOc2cc(OC3CCCN(c4ccc(F)cn4)C3)ccc21. The van der Waals surface area contributed by atoms with Crippen molar-refractivity contribution in [1.82, 2.24) is 9.71 Å². The number of halogens is 1. The lowest BCUT2D eigenvalue weighted by Crippen LogP contribution is -2.41. The topological polar surface area (TPSA) is 80.8 Å². The minimum Gasteiger partial charge on any atom is -0.493 e. The minimum atomic E-state index is -1.45. The van der Waals surface area contributed by atoms with Crippen molar-refractivity contribution >= 4 is 22.7 Å². The molecule has 1 N–H and O–H groups in total. The van der Waals surface area contributed by atoms with E-state index in [4.69, 9.17) is 9.47 Å². The van der Waals surface area contributed by atoms with Crippen LogP contribution in [0, 0.1) is 5.82 Å². The van der Waals surface area contributed by atoms with Crippen LogP contribution in [0.2, 0.25) is 0 Å². The molecule has 2 aromatic rings. The number of aromatic nitrogens is 1. The summed E-state index contributed by atoms with van der Waals surface area (Å²) in [4.78, 5) is 18.4. The first kappa shape index (κ1) is 20.0. The number of nitrogens with zero attached hydrogens (tertiary/aromatic N) is 2. The summed E-state index contributed by atoms with van der Waals surface area (Å²) in [7, 11) is -1.45. The Morgan fingerprint density at radius 2 is 2.16 bits per heavy atom. The van der Waals surface area contributed by atoms with Gasteiger partial charge in [-0.15, -0.1) is 0 Å². The van der Waals surface area contributed by atoms with Gasteiger partial charge in [0.05, 0.1) is 19.3 Å². The number of piperidine rings is 1. The van der Waals surface area contributed by atoms with Crippen LogP contribution in [0.3, 0.4) is 0 Å². The van der Waals surface area contributed by atoms with Gasteiger partial charge in [-0.2, -0.15) is 0 Å². The molecule has 31 heavy (non-hydrogen) atoms. The second-order valence-electron chi connectivity index (χ2n) is 7.85. The van der Waals surface area contributed by atoms with Gasteiger partial charge in [-0.25, -0.2) is 13.6 Å². The number of benzene rings is 1. The van der Waals surface area contributed by atoms with E-state index in [0.29, 0.717) is 36.6 Å². The Bertz CT molecular complexity index is 1060. The minimum absolute atomic E-state index is 0.0243. The molecule has 1 saturated heterocycles. The van der Waals surface area contributed by atoms with Crippen molar-refractivity contribution in [2.45, 2.75) is 31.3 Å². The lowest BCUT2D eigenvalue weighted by Gasteiger charge is -2.34. The van der Waals surface area contributed by atoms with Crippen LogP contribution in [0.1, 0.15) is 30.7 Å². The number of pyridine rings is 1. The van der Waals surface area contributed by atoms with E-state index in [0.717, 1.165) is 30.8 Å². The molecular formula is C22H22FN3O4S. The predicted molar refractivity (Wildman–Crippen MR) is 114 cm³/mol. The van der Waals surface area contributed by atoms with Crippen molar-refractivity contribution < 1.29 is 22.9 Å². The molecule has 0 bridgehead atoms. The first-order valence-corrected chi connectivity index (χ1v) is 11.5. The Morgan fingerprint density at radius 1 is 1.26 bits per heavy atom. The van der Waals surface area contributed by atoms with E-state index >= 15 is 0 Å². The zero-order valence-corrected chi connectivity index (χ0v) is 17.6. The quantitative estimate of drug-likeness (QED) is 0.783. The molecule has 0 aliphatic carbocycles. The van der Waals surface area contributed by atoms with Crippen LogP contribution in [-0.2, 0) is 15.8 Å². The average Bonchev–Trinajstić information content (AvgIpc) is 3.11. The van der Waals surface area contributed by atoms with Crippen LogP contribution in [0.15, 0.2) is 47.5 Å². The first-order valence-electron chi connectivity index (χ1n) is 10.3. The molecule has 0 spiro atoms. The fourth-order valence-electron chi connectivity index (χ4n) is 4.35. The zero-order valence-electron chi connectivity index (χ0n) is 16.8. The number of fused-ring (bicyclic) bond motifs is 1. The second-order valence-corrected chi connectivity index (χ2v) is 8.89. The first-order chi connectivity index (χ1) is 15.1. The summed E-state index contributed by atoms with van der Waals surface area (Å²) in [5.74, 6) is 1.36. The number of carbonyl (C=O) groups excluding carboxylic acids is 1. The van der Waals surface area contributed by atoms with Crippen molar-refractivity contribution in [2.24, 2.45) is 0 Å². The third kappa shape index (κ3) is 4.14. The number of carbonyl (C=O) groups is 1. The lowest BCUT2D eigenvalue weighted by atomic mass is 9.87. The summed E-state index contributed by atoms with van der Waals surface area (Å²) >= 11 is 0. The highest BCUT2D eigenvalue weighted by Crippen LogP contribution is 2.41. The van der Waals surface area contributed by atoms with Crippen molar-refractivity contribution in [3.8, 4) is 11.5 Å². The Labute approximate surface area is 181 Å². The molecule has 1 fully saturated rings. The number of amides is 1. The third-order valence-electron chi connectivity index (χ3n) is 5.81. The highest BCUT2D eigenvalue weighted by atomic mass is 32.2. The largest absolute Gasteiger partial charge is 0.493 e. The average molecular weight is 444 g/mol. The molecule has 1 aromatic heterocycles. The van der Waals surface area contributed by atoms with E-state index in [1.807, 2.05) is 18.2 Å². The van der Waals surface area contributed by atoms with Gasteiger partial charge in [-0.1, -0.05) is 6.07 Å². The van der Waals surface area contributed by atoms with Gasteiger partial charge in [-0.3, -0.25) is 9.52 Å². The maximum Gasteiger partial charge on any atom is 0.260 e. The third-order valence-corrected chi connectivity index (χ3v) is 6.66. The summed E-state index contributed by atoms with van der Waals surface area (Å²) in [5.41, 5.74) is 1.44. The van der Waals surface area contributed by atoms with Crippen molar-refractivity contribution in [3.05, 3.63) is 58.9 Å². The van der Waals surface area contributed by atoms with E-state index < -0.39 is 11.0 Å². The number of nitrogens with one attached hydrogen (secondary N) is 1. The van der Waals surface area contributed by atoms with E-state index in [1.54, 1.807) is 6.07 Å². The Hall–Kier alpha value is -2.94. The van der Waals surface area contributed by atoms with Gasteiger partial charge < -0.3 is 14.4 Å². The summed E-state index contributed by atoms with van der Waals surface area (Å²) in [6.45, 7) is 2.00. The van der Waals surface area contributed by atoms with Crippen LogP contribution in [0.25, 0.3) is 0 Å². The molecule has 3 aliphatic heterocycles. The summed E-state index contributed by atoms with van der Waals surface area (Å²) in [6.07, 6.45) is 3.73. The van der Waals surface area contributed by atoms with E-state index in [2.05, 4.69) is 14.6 Å². The van der Waals surface area contributed by atoms with E-state index in [1.165, 1.54) is 17.7 Å². The van der Waals surface area contributed by atoms with Crippen LogP contribution >= 0.6 is 0 Å². The molecular weight excluding hydrogens is 421 g/mol. The standard InChI is InChI=1S/C22H22FN3O4S/c23-14-3-6-21(24-11-14)26-8-1-2-16(12-26)30-15-4-5-18-17(7-9-29-20(18)10-15)19-13-31(28)25-22(19)27/h3-6,10-11,13,16-17H,1-2,7-9,12H2,(H,25,27). The highest BCUT2D eigenvalue weighted by Gasteiger charge is 2.33. The van der Waals surface area contributed by atoms with Crippen molar-refractivity contribution in [3.63, 3.8) is 0 Å². The number of hydrogen-bond donors (Lipinski definition) is 1.